The minimum atomic E-state index is -0.224. The van der Waals surface area contributed by atoms with E-state index in [0.717, 1.165) is 11.4 Å². The molecule has 0 fully saturated rings. The summed E-state index contributed by atoms with van der Waals surface area (Å²) in [6.07, 6.45) is 2.44. The Morgan fingerprint density at radius 3 is 2.50 bits per heavy atom. The SMILES string of the molecule is C=CCn1c(Cc2ccccc2)nnc1SCC(=O)Nc1c(Cl)cccc1Cl. The number of carbonyl (C=O) groups excluding carboxylic acids is 1. The number of hydrogen-bond donors (Lipinski definition) is 1. The van der Waals surface area contributed by atoms with Crippen LogP contribution in [0.1, 0.15) is 11.4 Å². The van der Waals surface area contributed by atoms with E-state index in [2.05, 4.69) is 22.1 Å². The number of aromatic nitrogens is 3. The van der Waals surface area contributed by atoms with Gasteiger partial charge in [0.1, 0.15) is 5.82 Å². The van der Waals surface area contributed by atoms with Gasteiger partial charge in [-0.15, -0.1) is 16.8 Å². The Morgan fingerprint density at radius 1 is 1.11 bits per heavy atom. The van der Waals surface area contributed by atoms with Gasteiger partial charge in [0.25, 0.3) is 0 Å². The van der Waals surface area contributed by atoms with E-state index >= 15 is 0 Å². The second-order valence-electron chi connectivity index (χ2n) is 5.89. The minimum Gasteiger partial charge on any atom is -0.323 e. The highest BCUT2D eigenvalue weighted by molar-refractivity contribution is 7.99. The number of allylic oxidation sites excluding steroid dienone is 1. The monoisotopic (exact) mass is 432 g/mol. The average molecular weight is 433 g/mol. The number of halogens is 2. The number of nitrogens with one attached hydrogen (secondary N) is 1. The van der Waals surface area contributed by atoms with E-state index in [0.29, 0.717) is 33.9 Å². The smallest absolute Gasteiger partial charge is 0.234 e. The van der Waals surface area contributed by atoms with Crippen LogP contribution in [0, 0.1) is 0 Å². The standard InChI is InChI=1S/C20H18Cl2N4OS/c1-2-11-26-17(12-14-7-4-3-5-8-14)24-25-20(26)28-13-18(27)23-19-15(21)9-6-10-16(19)22/h2-10H,1,11-13H2,(H,23,27). The average Bonchev–Trinajstić information content (AvgIpc) is 3.06. The summed E-state index contributed by atoms with van der Waals surface area (Å²) in [5.74, 6) is 0.753. The quantitative estimate of drug-likeness (QED) is 0.397. The van der Waals surface area contributed by atoms with E-state index in [9.17, 15) is 4.79 Å². The third-order valence-electron chi connectivity index (χ3n) is 3.87. The lowest BCUT2D eigenvalue weighted by Gasteiger charge is -2.10. The summed E-state index contributed by atoms with van der Waals surface area (Å²) in [6, 6.07) is 15.1. The molecule has 144 valence electrons. The van der Waals surface area contributed by atoms with Gasteiger partial charge in [0.15, 0.2) is 5.16 Å². The Bertz CT molecular complexity index is 955. The van der Waals surface area contributed by atoms with E-state index in [1.165, 1.54) is 11.8 Å². The van der Waals surface area contributed by atoms with Gasteiger partial charge in [-0.3, -0.25) is 4.79 Å². The predicted octanol–water partition coefficient (Wildman–Crippen LogP) is 5.09. The van der Waals surface area contributed by atoms with Crippen LogP contribution in [0.15, 0.2) is 66.3 Å². The van der Waals surface area contributed by atoms with Crippen LogP contribution in [0.5, 0.6) is 0 Å². The maximum atomic E-state index is 12.3. The minimum absolute atomic E-state index is 0.155. The van der Waals surface area contributed by atoms with E-state index in [-0.39, 0.29) is 11.7 Å². The molecule has 0 atom stereocenters. The maximum Gasteiger partial charge on any atom is 0.234 e. The summed E-state index contributed by atoms with van der Waals surface area (Å²) in [4.78, 5) is 12.3. The van der Waals surface area contributed by atoms with Crippen molar-refractivity contribution in [3.8, 4) is 0 Å². The maximum absolute atomic E-state index is 12.3. The van der Waals surface area contributed by atoms with Gasteiger partial charge in [0.2, 0.25) is 5.91 Å². The fourth-order valence-corrected chi connectivity index (χ4v) is 3.83. The van der Waals surface area contributed by atoms with E-state index in [1.807, 2.05) is 34.9 Å². The molecular weight excluding hydrogens is 415 g/mol. The molecule has 2 aromatic carbocycles. The zero-order valence-corrected chi connectivity index (χ0v) is 17.3. The van der Waals surface area contributed by atoms with Gasteiger partial charge in [0, 0.05) is 13.0 Å². The zero-order valence-electron chi connectivity index (χ0n) is 14.9. The lowest BCUT2D eigenvalue weighted by atomic mass is 10.1. The molecule has 0 aliphatic heterocycles. The topological polar surface area (TPSA) is 59.8 Å². The first-order valence-electron chi connectivity index (χ1n) is 8.52. The van der Waals surface area contributed by atoms with Crippen LogP contribution in [0.4, 0.5) is 5.69 Å². The van der Waals surface area contributed by atoms with Crippen LogP contribution in [0.2, 0.25) is 10.0 Å². The number of amides is 1. The number of anilines is 1. The summed E-state index contributed by atoms with van der Waals surface area (Å²) in [7, 11) is 0. The van der Waals surface area contributed by atoms with Crippen molar-refractivity contribution < 1.29 is 4.79 Å². The Kier molecular flexibility index (Phi) is 7.14. The lowest BCUT2D eigenvalue weighted by Crippen LogP contribution is -2.15. The summed E-state index contributed by atoms with van der Waals surface area (Å²) < 4.78 is 1.96. The summed E-state index contributed by atoms with van der Waals surface area (Å²) in [5.41, 5.74) is 1.55. The second-order valence-corrected chi connectivity index (χ2v) is 7.65. The van der Waals surface area contributed by atoms with Crippen LogP contribution < -0.4 is 5.32 Å². The lowest BCUT2D eigenvalue weighted by molar-refractivity contribution is -0.113. The molecule has 0 radical (unpaired) electrons. The van der Waals surface area contributed by atoms with Gasteiger partial charge in [-0.25, -0.2) is 0 Å². The third kappa shape index (κ3) is 5.16. The van der Waals surface area contributed by atoms with Crippen LogP contribution in [0.25, 0.3) is 0 Å². The second kappa shape index (κ2) is 9.78. The van der Waals surface area contributed by atoms with Crippen molar-refractivity contribution in [2.24, 2.45) is 0 Å². The number of para-hydroxylation sites is 1. The van der Waals surface area contributed by atoms with Crippen LogP contribution in [-0.2, 0) is 17.8 Å². The highest BCUT2D eigenvalue weighted by Crippen LogP contribution is 2.30. The Labute approximate surface area is 177 Å². The molecule has 3 aromatic rings. The number of nitrogens with zero attached hydrogens (tertiary/aromatic N) is 3. The molecule has 1 amide bonds. The van der Waals surface area contributed by atoms with Gasteiger partial charge < -0.3 is 9.88 Å². The van der Waals surface area contributed by atoms with Gasteiger partial charge >= 0.3 is 0 Å². The molecule has 1 heterocycles. The summed E-state index contributed by atoms with van der Waals surface area (Å²) in [6.45, 7) is 4.37. The molecule has 1 N–H and O–H groups in total. The molecule has 0 aliphatic rings. The predicted molar refractivity (Wildman–Crippen MR) is 115 cm³/mol. The molecule has 0 saturated heterocycles. The van der Waals surface area contributed by atoms with Crippen molar-refractivity contribution in [3.05, 3.63) is 82.6 Å². The van der Waals surface area contributed by atoms with Crippen LogP contribution >= 0.6 is 35.0 Å². The first-order chi connectivity index (χ1) is 13.6. The molecule has 5 nitrogen and oxygen atoms in total. The van der Waals surface area contributed by atoms with Crippen molar-refractivity contribution in [1.82, 2.24) is 14.8 Å². The number of carbonyl (C=O) groups is 1. The van der Waals surface area contributed by atoms with Crippen molar-refractivity contribution in [3.63, 3.8) is 0 Å². The fourth-order valence-electron chi connectivity index (χ4n) is 2.57. The molecule has 8 heteroatoms. The molecule has 0 bridgehead atoms. The van der Waals surface area contributed by atoms with E-state index in [4.69, 9.17) is 23.2 Å². The highest BCUT2D eigenvalue weighted by Gasteiger charge is 2.15. The molecule has 0 spiro atoms. The molecule has 3 rings (SSSR count). The first kappa shape index (κ1) is 20.5. The zero-order chi connectivity index (χ0) is 19.9. The van der Waals surface area contributed by atoms with Gasteiger partial charge in [-0.05, 0) is 17.7 Å². The molecule has 1 aromatic heterocycles. The first-order valence-corrected chi connectivity index (χ1v) is 10.3. The van der Waals surface area contributed by atoms with Crippen molar-refractivity contribution >= 4 is 46.6 Å². The van der Waals surface area contributed by atoms with Gasteiger partial charge in [-0.1, -0.05) is 77.4 Å². The highest BCUT2D eigenvalue weighted by atomic mass is 35.5. The Balaban J connectivity index is 1.68. The van der Waals surface area contributed by atoms with Gasteiger partial charge in [-0.2, -0.15) is 0 Å². The van der Waals surface area contributed by atoms with Crippen LogP contribution in [-0.4, -0.2) is 26.4 Å². The summed E-state index contributed by atoms with van der Waals surface area (Å²) in [5, 5.41) is 12.7. The van der Waals surface area contributed by atoms with Crippen LogP contribution in [0.3, 0.4) is 0 Å². The Hall–Kier alpha value is -2.28. The van der Waals surface area contributed by atoms with Crippen molar-refractivity contribution in [1.29, 1.82) is 0 Å². The fraction of sp³-hybridized carbons (Fsp3) is 0.150. The normalized spacial score (nSPS) is 10.6. The van der Waals surface area contributed by atoms with E-state index < -0.39 is 0 Å². The number of thioether (sulfide) groups is 1. The third-order valence-corrected chi connectivity index (χ3v) is 5.47. The number of rotatable bonds is 8. The Morgan fingerprint density at radius 2 is 1.82 bits per heavy atom. The largest absolute Gasteiger partial charge is 0.323 e. The van der Waals surface area contributed by atoms with Crippen molar-refractivity contribution in [2.45, 2.75) is 18.1 Å². The molecule has 0 unspecified atom stereocenters. The molecule has 0 aliphatic carbocycles. The number of benzene rings is 2. The molecule has 28 heavy (non-hydrogen) atoms. The van der Waals surface area contributed by atoms with E-state index in [1.54, 1.807) is 24.3 Å². The van der Waals surface area contributed by atoms with Gasteiger partial charge in [0.05, 0.1) is 21.5 Å². The number of hydrogen-bond acceptors (Lipinski definition) is 4. The molecule has 0 saturated carbocycles. The molecular formula is C20H18Cl2N4OS. The van der Waals surface area contributed by atoms with Crippen molar-refractivity contribution in [2.75, 3.05) is 11.1 Å². The summed E-state index contributed by atoms with van der Waals surface area (Å²) >= 11 is 13.5.